The van der Waals surface area contributed by atoms with Crippen LogP contribution in [0.15, 0.2) is 78.2 Å². The van der Waals surface area contributed by atoms with Crippen molar-refractivity contribution >= 4 is 23.6 Å². The molecule has 4 aromatic rings. The first-order chi connectivity index (χ1) is 15.7. The number of fused-ring (bicyclic) bond motifs is 1. The Bertz CT molecular complexity index is 1380. The van der Waals surface area contributed by atoms with Gasteiger partial charge in [-0.3, -0.25) is 0 Å². The number of hydrogen-bond acceptors (Lipinski definition) is 4. The number of urea groups is 1. The Morgan fingerprint density at radius 2 is 1.97 bits per heavy atom. The molecule has 8 heteroatoms. The van der Waals surface area contributed by atoms with E-state index in [0.717, 1.165) is 16.8 Å². The van der Waals surface area contributed by atoms with E-state index in [0.29, 0.717) is 17.8 Å². The van der Waals surface area contributed by atoms with Crippen LogP contribution in [-0.4, -0.2) is 31.9 Å². The number of hydrazone groups is 1. The molecule has 0 bridgehead atoms. The second-order valence-corrected chi connectivity index (χ2v) is 7.14. The number of amides is 2. The van der Waals surface area contributed by atoms with Gasteiger partial charge in [-0.05, 0) is 53.9 Å². The molecule has 1 atom stereocenters. The molecule has 5 rings (SSSR count). The summed E-state index contributed by atoms with van der Waals surface area (Å²) in [5.74, 6) is 5.83. The van der Waals surface area contributed by atoms with Gasteiger partial charge in [-0.2, -0.15) is 10.2 Å². The van der Waals surface area contributed by atoms with Crippen molar-refractivity contribution in [2.24, 2.45) is 5.10 Å². The Hall–Kier alpha value is -4.51. The number of aromatic nitrogens is 3. The number of carbonyl (C=O) groups is 1. The maximum absolute atomic E-state index is 13.2. The first-order valence-electron chi connectivity index (χ1n) is 9.96. The molecule has 0 radical (unpaired) electrons. The van der Waals surface area contributed by atoms with E-state index < -0.39 is 0 Å². The van der Waals surface area contributed by atoms with Gasteiger partial charge in [0.05, 0.1) is 12.2 Å². The van der Waals surface area contributed by atoms with Crippen molar-refractivity contribution in [3.8, 4) is 11.8 Å². The summed E-state index contributed by atoms with van der Waals surface area (Å²) in [7, 11) is 0. The highest BCUT2D eigenvalue weighted by Crippen LogP contribution is 2.29. The number of halogens is 1. The molecular formula is C24H17FN6O. The number of nitrogens with zero attached hydrogens (tertiary/aromatic N) is 5. The minimum absolute atomic E-state index is 0.277. The van der Waals surface area contributed by atoms with Gasteiger partial charge in [0.25, 0.3) is 0 Å². The van der Waals surface area contributed by atoms with Crippen molar-refractivity contribution in [2.45, 2.75) is 12.5 Å². The molecule has 1 N–H and O–H groups in total. The van der Waals surface area contributed by atoms with Gasteiger partial charge < -0.3 is 5.32 Å². The monoisotopic (exact) mass is 424 g/mol. The second-order valence-electron chi connectivity index (χ2n) is 7.14. The van der Waals surface area contributed by atoms with Crippen molar-refractivity contribution < 1.29 is 9.18 Å². The van der Waals surface area contributed by atoms with Crippen LogP contribution < -0.4 is 5.32 Å². The minimum atomic E-state index is -0.371. The summed E-state index contributed by atoms with van der Waals surface area (Å²) < 4.78 is 14.9. The summed E-state index contributed by atoms with van der Waals surface area (Å²) in [6, 6.07) is 16.4. The fourth-order valence-corrected chi connectivity index (χ4v) is 3.48. The molecule has 0 spiro atoms. The summed E-state index contributed by atoms with van der Waals surface area (Å²) in [4.78, 5) is 17.1. The third-order valence-electron chi connectivity index (χ3n) is 5.02. The Morgan fingerprint density at radius 1 is 1.09 bits per heavy atom. The molecule has 1 aliphatic rings. The van der Waals surface area contributed by atoms with Crippen molar-refractivity contribution in [1.29, 1.82) is 0 Å². The highest BCUT2D eigenvalue weighted by Gasteiger charge is 2.28. The first kappa shape index (κ1) is 19.5. The first-order valence-corrected chi connectivity index (χ1v) is 9.96. The quantitative estimate of drug-likeness (QED) is 0.489. The van der Waals surface area contributed by atoms with Gasteiger partial charge >= 0.3 is 6.03 Å². The van der Waals surface area contributed by atoms with Crippen molar-refractivity contribution in [3.63, 3.8) is 0 Å². The molecule has 0 saturated carbocycles. The molecule has 0 fully saturated rings. The molecule has 7 nitrogen and oxygen atoms in total. The zero-order chi connectivity index (χ0) is 21.9. The van der Waals surface area contributed by atoms with Crippen molar-refractivity contribution in [1.82, 2.24) is 19.6 Å². The van der Waals surface area contributed by atoms with Crippen LogP contribution >= 0.6 is 0 Å². The van der Waals surface area contributed by atoms with Crippen LogP contribution in [0, 0.1) is 17.7 Å². The van der Waals surface area contributed by atoms with E-state index in [1.165, 1.54) is 17.1 Å². The lowest BCUT2D eigenvalue weighted by Gasteiger charge is -2.22. The topological polar surface area (TPSA) is 74.9 Å². The summed E-state index contributed by atoms with van der Waals surface area (Å²) in [6.07, 6.45) is 5.59. The van der Waals surface area contributed by atoms with Crippen LogP contribution in [0.5, 0.6) is 0 Å². The van der Waals surface area contributed by atoms with E-state index in [1.54, 1.807) is 47.4 Å². The van der Waals surface area contributed by atoms with Crippen LogP contribution in [0.2, 0.25) is 0 Å². The molecule has 32 heavy (non-hydrogen) atoms. The van der Waals surface area contributed by atoms with E-state index in [-0.39, 0.29) is 17.9 Å². The highest BCUT2D eigenvalue weighted by molar-refractivity contribution is 5.91. The van der Waals surface area contributed by atoms with E-state index in [9.17, 15) is 9.18 Å². The average molecular weight is 424 g/mol. The fourth-order valence-electron chi connectivity index (χ4n) is 3.48. The molecular weight excluding hydrogens is 407 g/mol. The maximum atomic E-state index is 13.2. The largest absolute Gasteiger partial charge is 0.342 e. The second kappa shape index (κ2) is 8.32. The van der Waals surface area contributed by atoms with E-state index >= 15 is 0 Å². The van der Waals surface area contributed by atoms with E-state index in [1.807, 2.05) is 24.3 Å². The number of nitrogens with one attached hydrogen (secondary N) is 1. The molecule has 3 heterocycles. The number of benzene rings is 2. The van der Waals surface area contributed by atoms with Crippen LogP contribution in [0.3, 0.4) is 0 Å². The van der Waals surface area contributed by atoms with Gasteiger partial charge in [-0.1, -0.05) is 24.1 Å². The van der Waals surface area contributed by atoms with Gasteiger partial charge in [0.2, 0.25) is 0 Å². The maximum Gasteiger partial charge on any atom is 0.342 e. The lowest BCUT2D eigenvalue weighted by Crippen LogP contribution is -2.31. The molecule has 2 aromatic carbocycles. The molecule has 2 amide bonds. The average Bonchev–Trinajstić information content (AvgIpc) is 3.46. The van der Waals surface area contributed by atoms with Crippen LogP contribution in [-0.2, 0) is 0 Å². The van der Waals surface area contributed by atoms with E-state index in [2.05, 4.69) is 32.3 Å². The Morgan fingerprint density at radius 3 is 2.84 bits per heavy atom. The molecule has 156 valence electrons. The van der Waals surface area contributed by atoms with Crippen molar-refractivity contribution in [2.75, 3.05) is 5.32 Å². The molecule has 1 aliphatic heterocycles. The van der Waals surface area contributed by atoms with Crippen molar-refractivity contribution in [3.05, 3.63) is 95.7 Å². The van der Waals surface area contributed by atoms with Crippen LogP contribution in [0.1, 0.15) is 29.3 Å². The molecule has 0 unspecified atom stereocenters. The van der Waals surface area contributed by atoms with Gasteiger partial charge in [0.1, 0.15) is 11.5 Å². The SMILES string of the molecule is O=C(Nc1cccc(C#Cc2cnc3cccnn23)c1)N1N=CC[C@H]1c1ccc(F)cc1. The van der Waals surface area contributed by atoms with Gasteiger partial charge in [-0.15, -0.1) is 0 Å². The zero-order valence-electron chi connectivity index (χ0n) is 16.8. The molecule has 0 saturated heterocycles. The standard InChI is InChI=1S/C24H17FN6O/c25-19-9-7-18(8-10-19)22-12-14-28-31(22)24(32)29-20-4-1-3-17(15-20)6-11-21-16-26-23-5-2-13-27-30(21)23/h1-5,7-10,13-16,22H,12H2,(H,29,32)/t22-/m0/s1. The number of rotatable bonds is 2. The predicted molar refractivity (Wildman–Crippen MR) is 119 cm³/mol. The summed E-state index contributed by atoms with van der Waals surface area (Å²) in [5, 5.41) is 12.7. The summed E-state index contributed by atoms with van der Waals surface area (Å²) in [6.45, 7) is 0. The lowest BCUT2D eigenvalue weighted by molar-refractivity contribution is 0.200. The van der Waals surface area contributed by atoms with Gasteiger partial charge in [-0.25, -0.2) is 23.7 Å². The van der Waals surface area contributed by atoms with Gasteiger partial charge in [0, 0.05) is 30.1 Å². The number of carbonyl (C=O) groups excluding carboxylic acids is 1. The third kappa shape index (κ3) is 3.91. The predicted octanol–water partition coefficient (Wildman–Crippen LogP) is 4.23. The van der Waals surface area contributed by atoms with E-state index in [4.69, 9.17) is 0 Å². The summed E-state index contributed by atoms with van der Waals surface area (Å²) in [5.41, 5.74) is 3.54. The fraction of sp³-hybridized carbons (Fsp3) is 0.0833. The summed E-state index contributed by atoms with van der Waals surface area (Å²) >= 11 is 0. The normalized spacial score (nSPS) is 14.9. The number of imidazole rings is 1. The number of anilines is 1. The molecule has 0 aliphatic carbocycles. The van der Waals surface area contributed by atoms with Crippen LogP contribution in [0.25, 0.3) is 5.65 Å². The Kier molecular flexibility index (Phi) is 5.06. The Labute approximate surface area is 183 Å². The highest BCUT2D eigenvalue weighted by atomic mass is 19.1. The molecule has 2 aromatic heterocycles. The van der Waals surface area contributed by atoms with Gasteiger partial charge in [0.15, 0.2) is 5.65 Å². The Balaban J connectivity index is 1.32. The smallest absolute Gasteiger partial charge is 0.306 e. The minimum Gasteiger partial charge on any atom is -0.306 e. The lowest BCUT2D eigenvalue weighted by atomic mass is 10.0. The number of hydrogen-bond donors (Lipinski definition) is 1. The third-order valence-corrected chi connectivity index (χ3v) is 5.02. The zero-order valence-corrected chi connectivity index (χ0v) is 16.8. The van der Waals surface area contributed by atoms with Crippen LogP contribution in [0.4, 0.5) is 14.9 Å².